The largest absolute Gasteiger partial charge is 0.497 e. The lowest BCUT2D eigenvalue weighted by molar-refractivity contribution is 0.325. The van der Waals surface area contributed by atoms with Crippen LogP contribution in [0, 0.1) is 0 Å². The van der Waals surface area contributed by atoms with E-state index in [1.54, 1.807) is 7.11 Å². The highest BCUT2D eigenvalue weighted by Crippen LogP contribution is 2.35. The summed E-state index contributed by atoms with van der Waals surface area (Å²) >= 11 is 0. The van der Waals surface area contributed by atoms with Crippen molar-refractivity contribution >= 4 is 5.95 Å². The van der Waals surface area contributed by atoms with E-state index in [0.29, 0.717) is 11.8 Å². The third-order valence-corrected chi connectivity index (χ3v) is 5.89. The number of methoxy groups -OCH3 is 1. The number of hydrogen-bond donors (Lipinski definition) is 0. The standard InChI is InChI=1S/C25H32N6O/c1-17(2)24-26-12-18(13-27-24)15-31-10-9-20(16-31)23-22(14-28-25(29-23)30(3)4)19-7-6-8-21(11-19)32-5/h6-8,11-14,17,20H,9-10,15-16H2,1-5H3/t20-/m1/s1. The summed E-state index contributed by atoms with van der Waals surface area (Å²) in [4.78, 5) is 23.0. The van der Waals surface area contributed by atoms with E-state index in [2.05, 4.69) is 45.8 Å². The van der Waals surface area contributed by atoms with Gasteiger partial charge in [-0.05, 0) is 30.7 Å². The van der Waals surface area contributed by atoms with Crippen LogP contribution in [0.2, 0.25) is 0 Å². The summed E-state index contributed by atoms with van der Waals surface area (Å²) in [7, 11) is 5.65. The molecule has 0 aliphatic carbocycles. The van der Waals surface area contributed by atoms with Crippen molar-refractivity contribution in [2.75, 3.05) is 39.2 Å². The van der Waals surface area contributed by atoms with E-state index in [0.717, 1.165) is 66.0 Å². The first-order valence-electron chi connectivity index (χ1n) is 11.2. The first-order valence-corrected chi connectivity index (χ1v) is 11.2. The molecule has 168 valence electrons. The molecule has 3 heterocycles. The summed E-state index contributed by atoms with van der Waals surface area (Å²) in [6.45, 7) is 7.06. The quantitative estimate of drug-likeness (QED) is 0.556. The number of aromatic nitrogens is 4. The van der Waals surface area contributed by atoms with E-state index >= 15 is 0 Å². The molecule has 2 aromatic heterocycles. The molecular weight excluding hydrogens is 400 g/mol. The summed E-state index contributed by atoms with van der Waals surface area (Å²) in [5.74, 6) is 3.16. The molecule has 7 heteroatoms. The second-order valence-electron chi connectivity index (χ2n) is 8.92. The summed E-state index contributed by atoms with van der Waals surface area (Å²) in [6, 6.07) is 8.12. The normalized spacial score (nSPS) is 16.5. The van der Waals surface area contributed by atoms with Gasteiger partial charge in [0.05, 0.1) is 12.8 Å². The van der Waals surface area contributed by atoms with Gasteiger partial charge in [-0.3, -0.25) is 4.90 Å². The summed E-state index contributed by atoms with van der Waals surface area (Å²) < 4.78 is 5.44. The number of rotatable bonds is 7. The lowest BCUT2D eigenvalue weighted by atomic mass is 9.96. The summed E-state index contributed by atoms with van der Waals surface area (Å²) in [5, 5.41) is 0. The van der Waals surface area contributed by atoms with Crippen LogP contribution in [-0.4, -0.2) is 59.1 Å². The predicted octanol–water partition coefficient (Wildman–Crippen LogP) is 4.12. The van der Waals surface area contributed by atoms with E-state index < -0.39 is 0 Å². The van der Waals surface area contributed by atoms with Crippen LogP contribution in [0.4, 0.5) is 5.95 Å². The highest BCUT2D eigenvalue weighted by Gasteiger charge is 2.28. The molecule has 0 unspecified atom stereocenters. The number of likely N-dealkylation sites (tertiary alicyclic amines) is 1. The molecule has 1 aliphatic heterocycles. The molecule has 0 saturated carbocycles. The van der Waals surface area contributed by atoms with Gasteiger partial charge in [-0.1, -0.05) is 26.0 Å². The maximum atomic E-state index is 5.44. The number of hydrogen-bond acceptors (Lipinski definition) is 7. The van der Waals surface area contributed by atoms with Crippen molar-refractivity contribution in [2.45, 2.75) is 38.6 Å². The fourth-order valence-electron chi connectivity index (χ4n) is 4.13. The van der Waals surface area contributed by atoms with Crippen molar-refractivity contribution in [1.29, 1.82) is 0 Å². The summed E-state index contributed by atoms with van der Waals surface area (Å²) in [6.07, 6.45) is 6.94. The Kier molecular flexibility index (Phi) is 6.65. The van der Waals surface area contributed by atoms with Crippen molar-refractivity contribution in [1.82, 2.24) is 24.8 Å². The van der Waals surface area contributed by atoms with Crippen molar-refractivity contribution in [2.24, 2.45) is 0 Å². The molecule has 1 aromatic carbocycles. The molecule has 0 radical (unpaired) electrons. The van der Waals surface area contributed by atoms with E-state index in [4.69, 9.17) is 9.72 Å². The highest BCUT2D eigenvalue weighted by molar-refractivity contribution is 5.68. The van der Waals surface area contributed by atoms with Gasteiger partial charge in [0, 0.05) is 68.7 Å². The van der Waals surface area contributed by atoms with Gasteiger partial charge in [0.2, 0.25) is 5.95 Å². The van der Waals surface area contributed by atoms with Gasteiger partial charge >= 0.3 is 0 Å². The monoisotopic (exact) mass is 432 g/mol. The molecular formula is C25H32N6O. The lowest BCUT2D eigenvalue weighted by Gasteiger charge is -2.20. The molecule has 3 aromatic rings. The number of ether oxygens (including phenoxy) is 1. The maximum Gasteiger partial charge on any atom is 0.225 e. The van der Waals surface area contributed by atoms with Gasteiger partial charge in [-0.15, -0.1) is 0 Å². The zero-order valence-corrected chi connectivity index (χ0v) is 19.6. The molecule has 7 nitrogen and oxygen atoms in total. The predicted molar refractivity (Wildman–Crippen MR) is 127 cm³/mol. The highest BCUT2D eigenvalue weighted by atomic mass is 16.5. The van der Waals surface area contributed by atoms with Gasteiger partial charge < -0.3 is 9.64 Å². The number of anilines is 1. The Morgan fingerprint density at radius 1 is 1.12 bits per heavy atom. The Hall–Kier alpha value is -3.06. The minimum absolute atomic E-state index is 0.341. The fourth-order valence-corrected chi connectivity index (χ4v) is 4.13. The fraction of sp³-hybridized carbons (Fsp3) is 0.440. The van der Waals surface area contributed by atoms with Crippen molar-refractivity contribution < 1.29 is 4.74 Å². The van der Waals surface area contributed by atoms with Crippen LogP contribution >= 0.6 is 0 Å². The second-order valence-corrected chi connectivity index (χ2v) is 8.92. The zero-order chi connectivity index (χ0) is 22.7. The van der Waals surface area contributed by atoms with Crippen LogP contribution in [0.3, 0.4) is 0 Å². The van der Waals surface area contributed by atoms with Crippen LogP contribution in [0.5, 0.6) is 5.75 Å². The van der Waals surface area contributed by atoms with E-state index in [1.165, 1.54) is 0 Å². The SMILES string of the molecule is COc1cccc(-c2cnc(N(C)C)nc2[C@@H]2CCN(Cc3cnc(C(C)C)nc3)C2)c1. The molecule has 1 fully saturated rings. The molecule has 4 rings (SSSR count). The topological polar surface area (TPSA) is 67.3 Å². The average molecular weight is 433 g/mol. The Labute approximate surface area is 190 Å². The average Bonchev–Trinajstić information content (AvgIpc) is 3.27. The third kappa shape index (κ3) is 4.88. The Bertz CT molecular complexity index is 1050. The maximum absolute atomic E-state index is 5.44. The molecule has 0 amide bonds. The van der Waals surface area contributed by atoms with Gasteiger partial charge in [-0.2, -0.15) is 0 Å². The molecule has 32 heavy (non-hydrogen) atoms. The van der Waals surface area contributed by atoms with Crippen LogP contribution in [0.1, 0.15) is 49.2 Å². The minimum atomic E-state index is 0.341. The second kappa shape index (κ2) is 9.61. The molecule has 0 N–H and O–H groups in total. The van der Waals surface area contributed by atoms with Gasteiger partial charge in [0.25, 0.3) is 0 Å². The van der Waals surface area contributed by atoms with E-state index in [-0.39, 0.29) is 0 Å². The third-order valence-electron chi connectivity index (χ3n) is 5.89. The molecule has 0 bridgehead atoms. The Morgan fingerprint density at radius 2 is 1.91 bits per heavy atom. The first kappa shape index (κ1) is 22.1. The zero-order valence-electron chi connectivity index (χ0n) is 19.6. The van der Waals surface area contributed by atoms with E-state index in [1.807, 2.05) is 49.7 Å². The van der Waals surface area contributed by atoms with Crippen LogP contribution in [0.15, 0.2) is 42.9 Å². The van der Waals surface area contributed by atoms with Gasteiger partial charge in [0.1, 0.15) is 11.6 Å². The number of nitrogens with zero attached hydrogens (tertiary/aromatic N) is 6. The number of benzene rings is 1. The molecule has 0 spiro atoms. The minimum Gasteiger partial charge on any atom is -0.497 e. The van der Waals surface area contributed by atoms with E-state index in [9.17, 15) is 0 Å². The Balaban J connectivity index is 1.57. The smallest absolute Gasteiger partial charge is 0.225 e. The lowest BCUT2D eigenvalue weighted by Crippen LogP contribution is -2.21. The van der Waals surface area contributed by atoms with Crippen molar-refractivity contribution in [3.8, 4) is 16.9 Å². The summed E-state index contributed by atoms with van der Waals surface area (Å²) in [5.41, 5.74) is 4.41. The van der Waals surface area contributed by atoms with Crippen LogP contribution in [0.25, 0.3) is 11.1 Å². The molecule has 1 atom stereocenters. The van der Waals surface area contributed by atoms with Crippen LogP contribution in [-0.2, 0) is 6.54 Å². The molecule has 1 aliphatic rings. The van der Waals surface area contributed by atoms with Gasteiger partial charge in [0.15, 0.2) is 0 Å². The van der Waals surface area contributed by atoms with Gasteiger partial charge in [-0.25, -0.2) is 19.9 Å². The van der Waals surface area contributed by atoms with Crippen molar-refractivity contribution in [3.63, 3.8) is 0 Å². The van der Waals surface area contributed by atoms with Crippen molar-refractivity contribution in [3.05, 3.63) is 59.9 Å². The Morgan fingerprint density at radius 3 is 2.59 bits per heavy atom. The van der Waals surface area contributed by atoms with Crippen LogP contribution < -0.4 is 9.64 Å². The first-order chi connectivity index (χ1) is 15.4. The molecule has 1 saturated heterocycles.